The van der Waals surface area contributed by atoms with E-state index in [1.165, 1.54) is 0 Å². The van der Waals surface area contributed by atoms with Crippen molar-refractivity contribution in [3.8, 4) is 0 Å². The molecule has 0 aliphatic heterocycles. The predicted molar refractivity (Wildman–Crippen MR) is 79.9 cm³/mol. The van der Waals surface area contributed by atoms with Crippen molar-refractivity contribution in [2.45, 2.75) is 19.7 Å². The van der Waals surface area contributed by atoms with Gasteiger partial charge in [0.2, 0.25) is 0 Å². The predicted octanol–water partition coefficient (Wildman–Crippen LogP) is 4.29. The zero-order valence-electron chi connectivity index (χ0n) is 11.0. The normalized spacial score (nSPS) is 10.3. The number of carbonyl (C=O) groups excluding carboxylic acids is 1. The summed E-state index contributed by atoms with van der Waals surface area (Å²) in [6, 6.07) is 13.4. The highest BCUT2D eigenvalue weighted by Crippen LogP contribution is 2.19. The van der Waals surface area contributed by atoms with E-state index in [0.29, 0.717) is 5.88 Å². The molecule has 3 heteroatoms. The summed E-state index contributed by atoms with van der Waals surface area (Å²) in [5.74, 6) is 0.379. The molecule has 1 N–H and O–H groups in total. The lowest BCUT2D eigenvalue weighted by Gasteiger charge is -2.12. The Morgan fingerprint density at radius 1 is 1.11 bits per heavy atom. The molecule has 0 heterocycles. The Morgan fingerprint density at radius 3 is 2.21 bits per heavy atom. The minimum Gasteiger partial charge on any atom is -0.322 e. The van der Waals surface area contributed by atoms with Crippen molar-refractivity contribution in [1.82, 2.24) is 0 Å². The van der Waals surface area contributed by atoms with Crippen LogP contribution in [0.25, 0.3) is 0 Å². The van der Waals surface area contributed by atoms with Gasteiger partial charge in [-0.2, -0.15) is 0 Å². The number of hydrogen-bond acceptors (Lipinski definition) is 1. The third-order valence-electron chi connectivity index (χ3n) is 3.01. The van der Waals surface area contributed by atoms with E-state index in [4.69, 9.17) is 11.6 Å². The molecule has 0 bridgehead atoms. The fourth-order valence-electron chi connectivity index (χ4n) is 2.20. The summed E-state index contributed by atoms with van der Waals surface area (Å²) < 4.78 is 0. The molecular formula is C16H16ClNO. The van der Waals surface area contributed by atoms with E-state index in [0.717, 1.165) is 27.9 Å². The number of rotatable bonds is 3. The monoisotopic (exact) mass is 273 g/mol. The number of aryl methyl sites for hydroxylation is 2. The third kappa shape index (κ3) is 3.15. The van der Waals surface area contributed by atoms with E-state index in [-0.39, 0.29) is 5.91 Å². The van der Waals surface area contributed by atoms with Crippen LogP contribution >= 0.6 is 11.6 Å². The van der Waals surface area contributed by atoms with Crippen LogP contribution < -0.4 is 5.32 Å². The number of anilines is 1. The van der Waals surface area contributed by atoms with Gasteiger partial charge in [-0.25, -0.2) is 0 Å². The van der Waals surface area contributed by atoms with Gasteiger partial charge in [0.1, 0.15) is 0 Å². The van der Waals surface area contributed by atoms with Crippen LogP contribution in [0.5, 0.6) is 0 Å². The summed E-state index contributed by atoms with van der Waals surface area (Å²) in [5, 5.41) is 2.91. The van der Waals surface area contributed by atoms with Gasteiger partial charge in [-0.15, -0.1) is 11.6 Å². The van der Waals surface area contributed by atoms with Crippen molar-refractivity contribution >= 4 is 23.2 Å². The SMILES string of the molecule is Cc1cc(CCl)cc(C)c1C(=O)Nc1ccccc1. The van der Waals surface area contributed by atoms with Crippen LogP contribution in [-0.4, -0.2) is 5.91 Å². The lowest BCUT2D eigenvalue weighted by Crippen LogP contribution is -2.15. The quantitative estimate of drug-likeness (QED) is 0.830. The van der Waals surface area contributed by atoms with Crippen molar-refractivity contribution in [3.05, 3.63) is 64.7 Å². The van der Waals surface area contributed by atoms with Gasteiger partial charge < -0.3 is 5.32 Å². The average molecular weight is 274 g/mol. The van der Waals surface area contributed by atoms with E-state index in [1.54, 1.807) is 0 Å². The lowest BCUT2D eigenvalue weighted by atomic mass is 9.99. The molecule has 19 heavy (non-hydrogen) atoms. The zero-order valence-corrected chi connectivity index (χ0v) is 11.8. The first-order valence-corrected chi connectivity index (χ1v) is 6.67. The molecule has 98 valence electrons. The Balaban J connectivity index is 2.29. The summed E-state index contributed by atoms with van der Waals surface area (Å²) in [7, 11) is 0. The van der Waals surface area contributed by atoms with E-state index in [1.807, 2.05) is 56.3 Å². The average Bonchev–Trinajstić information content (AvgIpc) is 2.38. The van der Waals surface area contributed by atoms with Crippen LogP contribution in [0, 0.1) is 13.8 Å². The van der Waals surface area contributed by atoms with Gasteiger partial charge in [-0.05, 0) is 42.7 Å². The fourth-order valence-corrected chi connectivity index (χ4v) is 2.36. The van der Waals surface area contributed by atoms with Gasteiger partial charge in [-0.3, -0.25) is 4.79 Å². The van der Waals surface area contributed by atoms with Crippen molar-refractivity contribution in [1.29, 1.82) is 0 Å². The summed E-state index contributed by atoms with van der Waals surface area (Å²) in [6.45, 7) is 3.87. The number of alkyl halides is 1. The molecule has 0 unspecified atom stereocenters. The van der Waals surface area contributed by atoms with Gasteiger partial charge in [0.25, 0.3) is 5.91 Å². The maximum atomic E-state index is 12.3. The van der Waals surface area contributed by atoms with Crippen LogP contribution in [0.3, 0.4) is 0 Å². The molecule has 0 radical (unpaired) electrons. The van der Waals surface area contributed by atoms with E-state index in [9.17, 15) is 4.79 Å². The van der Waals surface area contributed by atoms with Gasteiger partial charge in [0, 0.05) is 17.1 Å². The minimum atomic E-state index is -0.0812. The van der Waals surface area contributed by atoms with Crippen LogP contribution in [-0.2, 0) is 5.88 Å². The second-order valence-corrected chi connectivity index (χ2v) is 4.83. The fraction of sp³-hybridized carbons (Fsp3) is 0.188. The number of benzene rings is 2. The first-order valence-electron chi connectivity index (χ1n) is 6.14. The van der Waals surface area contributed by atoms with Crippen LogP contribution in [0.2, 0.25) is 0 Å². The van der Waals surface area contributed by atoms with Gasteiger partial charge >= 0.3 is 0 Å². The highest BCUT2D eigenvalue weighted by Gasteiger charge is 2.13. The second-order valence-electron chi connectivity index (χ2n) is 4.56. The molecule has 0 fully saturated rings. The summed E-state index contributed by atoms with van der Waals surface area (Å²) in [4.78, 5) is 12.3. The molecule has 2 aromatic rings. The van der Waals surface area contributed by atoms with Gasteiger partial charge in [0.05, 0.1) is 0 Å². The zero-order chi connectivity index (χ0) is 13.8. The van der Waals surface area contributed by atoms with Crippen molar-refractivity contribution < 1.29 is 4.79 Å². The number of para-hydroxylation sites is 1. The molecule has 0 aromatic heterocycles. The molecule has 0 saturated heterocycles. The standard InChI is InChI=1S/C16H16ClNO/c1-11-8-13(10-17)9-12(2)15(11)16(19)18-14-6-4-3-5-7-14/h3-9H,10H2,1-2H3,(H,18,19). The van der Waals surface area contributed by atoms with Gasteiger partial charge in [-0.1, -0.05) is 30.3 Å². The molecule has 0 spiro atoms. The van der Waals surface area contributed by atoms with Crippen LogP contribution in [0.4, 0.5) is 5.69 Å². The highest BCUT2D eigenvalue weighted by atomic mass is 35.5. The molecule has 0 atom stereocenters. The molecule has 0 aliphatic carbocycles. The maximum Gasteiger partial charge on any atom is 0.256 e. The Morgan fingerprint density at radius 2 is 1.68 bits per heavy atom. The smallest absolute Gasteiger partial charge is 0.256 e. The Hall–Kier alpha value is -1.80. The van der Waals surface area contributed by atoms with Gasteiger partial charge in [0.15, 0.2) is 0 Å². The number of amides is 1. The number of carbonyl (C=O) groups is 1. The number of hydrogen-bond donors (Lipinski definition) is 1. The first kappa shape index (κ1) is 13.6. The topological polar surface area (TPSA) is 29.1 Å². The van der Waals surface area contributed by atoms with Crippen molar-refractivity contribution in [2.24, 2.45) is 0 Å². The summed E-state index contributed by atoms with van der Waals surface area (Å²) in [5.41, 5.74) is 4.45. The summed E-state index contributed by atoms with van der Waals surface area (Å²) in [6.07, 6.45) is 0. The van der Waals surface area contributed by atoms with E-state index in [2.05, 4.69) is 5.32 Å². The van der Waals surface area contributed by atoms with Crippen molar-refractivity contribution in [2.75, 3.05) is 5.32 Å². The summed E-state index contributed by atoms with van der Waals surface area (Å²) >= 11 is 5.83. The Labute approximate surface area is 118 Å². The second kappa shape index (κ2) is 5.89. The first-order chi connectivity index (χ1) is 9.11. The molecule has 2 nitrogen and oxygen atoms in total. The lowest BCUT2D eigenvalue weighted by molar-refractivity contribution is 0.102. The Kier molecular flexibility index (Phi) is 4.23. The van der Waals surface area contributed by atoms with Crippen LogP contribution in [0.1, 0.15) is 27.0 Å². The molecular weight excluding hydrogens is 258 g/mol. The minimum absolute atomic E-state index is 0.0812. The number of halogens is 1. The maximum absolute atomic E-state index is 12.3. The van der Waals surface area contributed by atoms with E-state index >= 15 is 0 Å². The molecule has 0 saturated carbocycles. The largest absolute Gasteiger partial charge is 0.322 e. The van der Waals surface area contributed by atoms with Crippen LogP contribution in [0.15, 0.2) is 42.5 Å². The third-order valence-corrected chi connectivity index (χ3v) is 3.31. The molecule has 1 amide bonds. The molecule has 2 rings (SSSR count). The molecule has 0 aliphatic rings. The number of nitrogens with one attached hydrogen (secondary N) is 1. The molecule has 2 aromatic carbocycles. The highest BCUT2D eigenvalue weighted by molar-refractivity contribution is 6.17. The van der Waals surface area contributed by atoms with E-state index < -0.39 is 0 Å². The Bertz CT molecular complexity index is 570. The van der Waals surface area contributed by atoms with Crippen molar-refractivity contribution in [3.63, 3.8) is 0 Å².